The molecule has 0 saturated carbocycles. The number of halogens is 1. The van der Waals surface area contributed by atoms with Crippen molar-refractivity contribution in [1.29, 1.82) is 0 Å². The smallest absolute Gasteiger partial charge is 0.150 e. The SMILES string of the molecule is Clc1ccc2c(c1)/C(=C\N1CCNCC1)Nc1ccccc1O2. The molecule has 2 aliphatic rings. The fourth-order valence-corrected chi connectivity index (χ4v) is 3.06. The zero-order valence-electron chi connectivity index (χ0n) is 12.7. The van der Waals surface area contributed by atoms with Gasteiger partial charge in [-0.3, -0.25) is 0 Å². The highest BCUT2D eigenvalue weighted by molar-refractivity contribution is 6.30. The summed E-state index contributed by atoms with van der Waals surface area (Å²) in [6.45, 7) is 3.98. The first kappa shape index (κ1) is 14.4. The summed E-state index contributed by atoms with van der Waals surface area (Å²) in [5.41, 5.74) is 2.95. The second-order valence-corrected chi connectivity index (χ2v) is 6.13. The minimum atomic E-state index is 0.700. The van der Waals surface area contributed by atoms with E-state index in [4.69, 9.17) is 16.3 Å². The van der Waals surface area contributed by atoms with E-state index >= 15 is 0 Å². The second kappa shape index (κ2) is 6.14. The number of fused-ring (bicyclic) bond motifs is 2. The van der Waals surface area contributed by atoms with Crippen molar-refractivity contribution in [2.24, 2.45) is 0 Å². The van der Waals surface area contributed by atoms with E-state index in [1.807, 2.05) is 42.5 Å². The standard InChI is InChI=1S/C18H18ClN3O/c19-13-5-6-17-14(11-13)16(12-22-9-7-20-8-10-22)21-15-3-1-2-4-18(15)23-17/h1-6,11-12,20-21H,7-10H2/b16-12+. The summed E-state index contributed by atoms with van der Waals surface area (Å²) in [5, 5.41) is 7.58. The molecule has 4 nitrogen and oxygen atoms in total. The number of rotatable bonds is 1. The van der Waals surface area contributed by atoms with Crippen LogP contribution in [-0.4, -0.2) is 31.1 Å². The minimum Gasteiger partial charge on any atom is -0.454 e. The first-order valence-electron chi connectivity index (χ1n) is 7.80. The van der Waals surface area contributed by atoms with Crippen LogP contribution in [0, 0.1) is 0 Å². The molecule has 0 spiro atoms. The average Bonchev–Trinajstić information content (AvgIpc) is 2.72. The predicted molar refractivity (Wildman–Crippen MR) is 94.0 cm³/mol. The molecule has 0 unspecified atom stereocenters. The summed E-state index contributed by atoms with van der Waals surface area (Å²) in [7, 11) is 0. The molecule has 2 aromatic rings. The average molecular weight is 328 g/mol. The maximum atomic E-state index is 6.22. The molecule has 0 amide bonds. The van der Waals surface area contributed by atoms with E-state index < -0.39 is 0 Å². The van der Waals surface area contributed by atoms with E-state index in [1.165, 1.54) is 0 Å². The Balaban J connectivity index is 1.80. The summed E-state index contributed by atoms with van der Waals surface area (Å²) in [4.78, 5) is 2.32. The van der Waals surface area contributed by atoms with Crippen LogP contribution < -0.4 is 15.4 Å². The summed E-state index contributed by atoms with van der Waals surface area (Å²) in [6, 6.07) is 13.7. The molecule has 0 aliphatic carbocycles. The summed E-state index contributed by atoms with van der Waals surface area (Å²) in [5.74, 6) is 1.63. The number of anilines is 1. The molecule has 1 saturated heterocycles. The molecular weight excluding hydrogens is 310 g/mol. The van der Waals surface area contributed by atoms with Gasteiger partial charge in [0.2, 0.25) is 0 Å². The van der Waals surface area contributed by atoms with Gasteiger partial charge < -0.3 is 20.3 Å². The molecule has 0 bridgehead atoms. The lowest BCUT2D eigenvalue weighted by molar-refractivity contribution is 0.325. The molecule has 0 aromatic heterocycles. The fourth-order valence-electron chi connectivity index (χ4n) is 2.89. The monoisotopic (exact) mass is 327 g/mol. The number of para-hydroxylation sites is 2. The predicted octanol–water partition coefficient (Wildman–Crippen LogP) is 3.76. The highest BCUT2D eigenvalue weighted by Crippen LogP contribution is 2.40. The first-order chi connectivity index (χ1) is 11.3. The Bertz CT molecular complexity index is 754. The third-order valence-electron chi connectivity index (χ3n) is 4.07. The lowest BCUT2D eigenvalue weighted by Crippen LogP contribution is -2.40. The highest BCUT2D eigenvalue weighted by Gasteiger charge is 2.19. The molecule has 2 N–H and O–H groups in total. The lowest BCUT2D eigenvalue weighted by atomic mass is 10.1. The van der Waals surface area contributed by atoms with Gasteiger partial charge in [0.15, 0.2) is 5.75 Å². The van der Waals surface area contributed by atoms with Crippen molar-refractivity contribution >= 4 is 23.0 Å². The maximum Gasteiger partial charge on any atom is 0.150 e. The Morgan fingerprint density at radius 2 is 1.87 bits per heavy atom. The van der Waals surface area contributed by atoms with Gasteiger partial charge in [-0.15, -0.1) is 0 Å². The van der Waals surface area contributed by atoms with Crippen molar-refractivity contribution in [3.05, 3.63) is 59.3 Å². The van der Waals surface area contributed by atoms with E-state index in [2.05, 4.69) is 21.7 Å². The number of nitrogens with one attached hydrogen (secondary N) is 2. The Hall–Kier alpha value is -2.17. The molecule has 118 valence electrons. The van der Waals surface area contributed by atoms with Gasteiger partial charge in [-0.2, -0.15) is 0 Å². The molecular formula is C18H18ClN3O. The third kappa shape index (κ3) is 3.00. The Labute approximate surface area is 140 Å². The van der Waals surface area contributed by atoms with Crippen molar-refractivity contribution in [2.75, 3.05) is 31.5 Å². The quantitative estimate of drug-likeness (QED) is 0.836. The van der Waals surface area contributed by atoms with Crippen LogP contribution in [0.2, 0.25) is 5.02 Å². The summed E-state index contributed by atoms with van der Waals surface area (Å²) in [6.07, 6.45) is 2.17. The van der Waals surface area contributed by atoms with Crippen LogP contribution in [0.1, 0.15) is 5.56 Å². The number of nitrogens with zero attached hydrogens (tertiary/aromatic N) is 1. The van der Waals surface area contributed by atoms with Crippen molar-refractivity contribution in [2.45, 2.75) is 0 Å². The zero-order valence-corrected chi connectivity index (χ0v) is 13.4. The topological polar surface area (TPSA) is 36.5 Å². The van der Waals surface area contributed by atoms with Gasteiger partial charge in [-0.1, -0.05) is 23.7 Å². The Morgan fingerprint density at radius 1 is 1.04 bits per heavy atom. The molecule has 0 radical (unpaired) electrons. The molecule has 4 rings (SSSR count). The van der Waals surface area contributed by atoms with E-state index in [9.17, 15) is 0 Å². The highest BCUT2D eigenvalue weighted by atomic mass is 35.5. The van der Waals surface area contributed by atoms with E-state index in [-0.39, 0.29) is 0 Å². The number of hydrogen-bond acceptors (Lipinski definition) is 4. The van der Waals surface area contributed by atoms with Crippen LogP contribution in [0.5, 0.6) is 11.5 Å². The van der Waals surface area contributed by atoms with Crippen molar-refractivity contribution < 1.29 is 4.74 Å². The second-order valence-electron chi connectivity index (χ2n) is 5.69. The van der Waals surface area contributed by atoms with Gasteiger partial charge in [0, 0.05) is 43.0 Å². The van der Waals surface area contributed by atoms with Gasteiger partial charge in [0.05, 0.1) is 11.4 Å². The first-order valence-corrected chi connectivity index (χ1v) is 8.18. The van der Waals surface area contributed by atoms with Crippen molar-refractivity contribution in [1.82, 2.24) is 10.2 Å². The number of benzene rings is 2. The van der Waals surface area contributed by atoms with E-state index in [0.29, 0.717) is 5.02 Å². The van der Waals surface area contributed by atoms with Crippen molar-refractivity contribution in [3.8, 4) is 11.5 Å². The molecule has 5 heteroatoms. The largest absolute Gasteiger partial charge is 0.454 e. The third-order valence-corrected chi connectivity index (χ3v) is 4.31. The number of hydrogen-bond donors (Lipinski definition) is 2. The van der Waals surface area contributed by atoms with Gasteiger partial charge in [-0.05, 0) is 30.3 Å². The molecule has 23 heavy (non-hydrogen) atoms. The van der Waals surface area contributed by atoms with Crippen LogP contribution >= 0.6 is 11.6 Å². The lowest BCUT2D eigenvalue weighted by Gasteiger charge is -2.27. The van der Waals surface area contributed by atoms with Gasteiger partial charge in [0.25, 0.3) is 0 Å². The number of ether oxygens (including phenoxy) is 1. The fraction of sp³-hybridized carbons (Fsp3) is 0.222. The van der Waals surface area contributed by atoms with Crippen molar-refractivity contribution in [3.63, 3.8) is 0 Å². The molecule has 1 fully saturated rings. The van der Waals surface area contributed by atoms with Crippen LogP contribution in [-0.2, 0) is 0 Å². The molecule has 0 atom stereocenters. The van der Waals surface area contributed by atoms with Crippen LogP contribution in [0.15, 0.2) is 48.7 Å². The number of piperazine rings is 1. The van der Waals surface area contributed by atoms with Gasteiger partial charge >= 0.3 is 0 Å². The van der Waals surface area contributed by atoms with E-state index in [1.54, 1.807) is 0 Å². The van der Waals surface area contributed by atoms with Gasteiger partial charge in [-0.25, -0.2) is 0 Å². The van der Waals surface area contributed by atoms with Crippen LogP contribution in [0.25, 0.3) is 5.70 Å². The summed E-state index contributed by atoms with van der Waals surface area (Å²) >= 11 is 6.22. The molecule has 2 aliphatic heterocycles. The van der Waals surface area contributed by atoms with E-state index in [0.717, 1.165) is 54.6 Å². The van der Waals surface area contributed by atoms with Crippen LogP contribution in [0.4, 0.5) is 5.69 Å². The van der Waals surface area contributed by atoms with Crippen LogP contribution in [0.3, 0.4) is 0 Å². The zero-order chi connectivity index (χ0) is 15.6. The minimum absolute atomic E-state index is 0.700. The summed E-state index contributed by atoms with van der Waals surface area (Å²) < 4.78 is 6.08. The van der Waals surface area contributed by atoms with Gasteiger partial charge in [0.1, 0.15) is 5.75 Å². The Morgan fingerprint density at radius 3 is 2.74 bits per heavy atom. The molecule has 2 heterocycles. The molecule has 2 aromatic carbocycles. The normalized spacial score (nSPS) is 18.5. The Kier molecular flexibility index (Phi) is 3.85. The maximum absolute atomic E-state index is 6.22.